The summed E-state index contributed by atoms with van der Waals surface area (Å²) in [4.78, 5) is 23.9. The van der Waals surface area contributed by atoms with Crippen molar-refractivity contribution in [2.75, 3.05) is 11.9 Å². The number of carbonyl (C=O) groups excluding carboxylic acids is 2. The summed E-state index contributed by atoms with van der Waals surface area (Å²) in [5.74, 6) is 0.192. The van der Waals surface area contributed by atoms with Gasteiger partial charge in [-0.15, -0.1) is 12.4 Å². The highest BCUT2D eigenvalue weighted by atomic mass is 35.5. The first-order valence-corrected chi connectivity index (χ1v) is 6.94. The van der Waals surface area contributed by atoms with Gasteiger partial charge in [-0.2, -0.15) is 0 Å². The van der Waals surface area contributed by atoms with Crippen LogP contribution in [-0.4, -0.2) is 24.3 Å². The van der Waals surface area contributed by atoms with Gasteiger partial charge in [-0.25, -0.2) is 0 Å². The number of hydrogen-bond acceptors (Lipinski definition) is 3. The summed E-state index contributed by atoms with van der Waals surface area (Å²) in [5.41, 5.74) is 2.62. The van der Waals surface area contributed by atoms with Crippen molar-refractivity contribution in [3.63, 3.8) is 0 Å². The Balaban J connectivity index is 0.00000147. The molecule has 1 aromatic rings. The molecule has 2 aliphatic rings. The molecule has 2 N–H and O–H groups in total. The Morgan fingerprint density at radius 3 is 2.85 bits per heavy atom. The van der Waals surface area contributed by atoms with Crippen LogP contribution in [0.25, 0.3) is 0 Å². The molecule has 1 atom stereocenters. The summed E-state index contributed by atoms with van der Waals surface area (Å²) in [6.45, 7) is 0.904. The zero-order valence-corrected chi connectivity index (χ0v) is 12.1. The highest BCUT2D eigenvalue weighted by Gasteiger charge is 2.23. The standard InChI is InChI=1S/C15H18N2O2.ClH/c18-14-5-1-3-10-6-7-11(9-12(10)14)17-15(19)13-4-2-8-16-13;/h6-7,9,13,16H,1-5,8H2,(H,17,19);1H. The normalized spacial score (nSPS) is 21.0. The molecule has 0 bridgehead atoms. The Morgan fingerprint density at radius 2 is 2.10 bits per heavy atom. The monoisotopic (exact) mass is 294 g/mol. The van der Waals surface area contributed by atoms with E-state index in [9.17, 15) is 9.59 Å². The highest BCUT2D eigenvalue weighted by Crippen LogP contribution is 2.24. The lowest BCUT2D eigenvalue weighted by Gasteiger charge is -2.17. The van der Waals surface area contributed by atoms with Crippen LogP contribution in [0.4, 0.5) is 5.69 Å². The minimum atomic E-state index is -0.0910. The van der Waals surface area contributed by atoms with E-state index in [-0.39, 0.29) is 30.1 Å². The van der Waals surface area contributed by atoms with Crippen molar-refractivity contribution in [2.24, 2.45) is 0 Å². The molecule has 0 spiro atoms. The number of hydrogen-bond donors (Lipinski definition) is 2. The molecule has 20 heavy (non-hydrogen) atoms. The Labute approximate surface area is 124 Å². The number of aryl methyl sites for hydroxylation is 1. The summed E-state index contributed by atoms with van der Waals surface area (Å²) in [7, 11) is 0. The van der Waals surface area contributed by atoms with Crippen LogP contribution in [0.2, 0.25) is 0 Å². The van der Waals surface area contributed by atoms with E-state index in [1.165, 1.54) is 0 Å². The number of rotatable bonds is 2. The smallest absolute Gasteiger partial charge is 0.241 e. The van der Waals surface area contributed by atoms with Crippen molar-refractivity contribution >= 4 is 29.8 Å². The number of Topliss-reactive ketones (excluding diaryl/α,β-unsaturated/α-hetero) is 1. The molecule has 0 radical (unpaired) electrons. The number of amides is 1. The lowest BCUT2D eigenvalue weighted by atomic mass is 9.90. The molecule has 1 amide bonds. The number of fused-ring (bicyclic) bond motifs is 1. The molecule has 108 valence electrons. The second kappa shape index (κ2) is 6.37. The molecule has 1 saturated heterocycles. The van der Waals surface area contributed by atoms with Gasteiger partial charge < -0.3 is 10.6 Å². The van der Waals surface area contributed by atoms with Crippen LogP contribution < -0.4 is 10.6 Å². The fraction of sp³-hybridized carbons (Fsp3) is 0.467. The molecular formula is C15H19ClN2O2. The van der Waals surface area contributed by atoms with Crippen molar-refractivity contribution in [1.82, 2.24) is 5.32 Å². The van der Waals surface area contributed by atoms with Gasteiger partial charge in [0, 0.05) is 17.7 Å². The van der Waals surface area contributed by atoms with Gasteiger partial charge in [0.05, 0.1) is 6.04 Å². The quantitative estimate of drug-likeness (QED) is 0.880. The van der Waals surface area contributed by atoms with Crippen LogP contribution in [0.3, 0.4) is 0 Å². The van der Waals surface area contributed by atoms with E-state index < -0.39 is 0 Å². The van der Waals surface area contributed by atoms with Crippen LogP contribution in [0, 0.1) is 0 Å². The largest absolute Gasteiger partial charge is 0.325 e. The Hall–Kier alpha value is -1.39. The molecule has 1 aliphatic heterocycles. The van der Waals surface area contributed by atoms with E-state index in [2.05, 4.69) is 10.6 Å². The molecule has 1 aromatic carbocycles. The van der Waals surface area contributed by atoms with Crippen molar-refractivity contribution in [2.45, 2.75) is 38.1 Å². The molecule has 1 unspecified atom stereocenters. The van der Waals surface area contributed by atoms with Crippen molar-refractivity contribution in [3.8, 4) is 0 Å². The SMILES string of the molecule is Cl.O=C1CCCc2ccc(NC(=O)C3CCCN3)cc21. The Bertz CT molecular complexity index is 525. The minimum Gasteiger partial charge on any atom is -0.325 e. The Kier molecular flexibility index (Phi) is 4.78. The first kappa shape index (κ1) is 15.0. The maximum Gasteiger partial charge on any atom is 0.241 e. The van der Waals surface area contributed by atoms with Crippen LogP contribution in [0.15, 0.2) is 18.2 Å². The van der Waals surface area contributed by atoms with Gasteiger partial charge in [-0.3, -0.25) is 9.59 Å². The average molecular weight is 295 g/mol. The van der Waals surface area contributed by atoms with Gasteiger partial charge in [-0.1, -0.05) is 6.07 Å². The number of carbonyl (C=O) groups is 2. The fourth-order valence-electron chi connectivity index (χ4n) is 2.84. The highest BCUT2D eigenvalue weighted by molar-refractivity contribution is 6.01. The topological polar surface area (TPSA) is 58.2 Å². The van der Waals surface area contributed by atoms with Crippen LogP contribution >= 0.6 is 12.4 Å². The minimum absolute atomic E-state index is 0. The summed E-state index contributed by atoms with van der Waals surface area (Å²) >= 11 is 0. The molecule has 5 heteroatoms. The average Bonchev–Trinajstić information content (AvgIpc) is 2.94. The van der Waals surface area contributed by atoms with E-state index in [0.717, 1.165) is 49.0 Å². The summed E-state index contributed by atoms with van der Waals surface area (Å²) in [6.07, 6.45) is 4.44. The molecule has 1 fully saturated rings. The van der Waals surface area contributed by atoms with Gasteiger partial charge in [0.15, 0.2) is 5.78 Å². The van der Waals surface area contributed by atoms with Crippen molar-refractivity contribution < 1.29 is 9.59 Å². The predicted molar refractivity (Wildman–Crippen MR) is 80.6 cm³/mol. The molecule has 1 heterocycles. The summed E-state index contributed by atoms with van der Waals surface area (Å²) in [5, 5.41) is 6.07. The first-order valence-electron chi connectivity index (χ1n) is 6.94. The first-order chi connectivity index (χ1) is 9.24. The molecular weight excluding hydrogens is 276 g/mol. The zero-order chi connectivity index (χ0) is 13.2. The van der Waals surface area contributed by atoms with E-state index in [1.54, 1.807) is 0 Å². The summed E-state index contributed by atoms with van der Waals surface area (Å²) < 4.78 is 0. The molecule has 3 rings (SSSR count). The van der Waals surface area contributed by atoms with E-state index >= 15 is 0 Å². The lowest BCUT2D eigenvalue weighted by molar-refractivity contribution is -0.117. The summed E-state index contributed by atoms with van der Waals surface area (Å²) in [6, 6.07) is 5.59. The lowest BCUT2D eigenvalue weighted by Crippen LogP contribution is -2.35. The molecule has 1 aliphatic carbocycles. The number of anilines is 1. The fourth-order valence-corrected chi connectivity index (χ4v) is 2.84. The van der Waals surface area contributed by atoms with E-state index in [1.807, 2.05) is 18.2 Å². The Morgan fingerprint density at radius 1 is 1.25 bits per heavy atom. The maximum absolute atomic E-state index is 12.0. The second-order valence-corrected chi connectivity index (χ2v) is 5.29. The van der Waals surface area contributed by atoms with Gasteiger partial charge in [0.1, 0.15) is 0 Å². The number of nitrogens with one attached hydrogen (secondary N) is 2. The number of ketones is 1. The zero-order valence-electron chi connectivity index (χ0n) is 11.3. The molecule has 0 saturated carbocycles. The third kappa shape index (κ3) is 3.02. The van der Waals surface area contributed by atoms with Gasteiger partial charge in [0.2, 0.25) is 5.91 Å². The number of halogens is 1. The maximum atomic E-state index is 12.0. The number of benzene rings is 1. The van der Waals surface area contributed by atoms with Gasteiger partial charge in [-0.05, 0) is 49.9 Å². The van der Waals surface area contributed by atoms with Crippen LogP contribution in [0.1, 0.15) is 41.6 Å². The van der Waals surface area contributed by atoms with Crippen LogP contribution in [-0.2, 0) is 11.2 Å². The molecule has 0 aromatic heterocycles. The predicted octanol–water partition coefficient (Wildman–Crippen LogP) is 2.32. The third-order valence-electron chi connectivity index (χ3n) is 3.90. The van der Waals surface area contributed by atoms with Crippen LogP contribution in [0.5, 0.6) is 0 Å². The molecule has 4 nitrogen and oxygen atoms in total. The second-order valence-electron chi connectivity index (χ2n) is 5.29. The van der Waals surface area contributed by atoms with Gasteiger partial charge >= 0.3 is 0 Å². The van der Waals surface area contributed by atoms with E-state index in [0.29, 0.717) is 6.42 Å². The van der Waals surface area contributed by atoms with Crippen molar-refractivity contribution in [3.05, 3.63) is 29.3 Å². The van der Waals surface area contributed by atoms with E-state index in [4.69, 9.17) is 0 Å². The van der Waals surface area contributed by atoms with Crippen molar-refractivity contribution in [1.29, 1.82) is 0 Å². The van der Waals surface area contributed by atoms with Gasteiger partial charge in [0.25, 0.3) is 0 Å². The third-order valence-corrected chi connectivity index (χ3v) is 3.90.